The molecule has 1 aromatic heterocycles. The molecule has 0 aliphatic carbocycles. The first-order valence-corrected chi connectivity index (χ1v) is 8.07. The molecule has 116 valence electrons. The molecule has 0 saturated carbocycles. The number of benzene rings is 1. The predicted octanol–water partition coefficient (Wildman–Crippen LogP) is 1.03. The molecule has 1 aliphatic heterocycles. The Hall–Kier alpha value is -1.73. The molecular weight excluding hydrogens is 348 g/mol. The van der Waals surface area contributed by atoms with Crippen molar-refractivity contribution in [2.45, 2.75) is 25.4 Å². The van der Waals surface area contributed by atoms with Crippen molar-refractivity contribution in [1.29, 1.82) is 0 Å². The Morgan fingerprint density at radius 3 is 2.95 bits per heavy atom. The maximum Gasteiger partial charge on any atom is 0.261 e. The summed E-state index contributed by atoms with van der Waals surface area (Å²) in [6, 6.07) is 5.53. The minimum atomic E-state index is -0.202. The molecule has 2 heterocycles. The Morgan fingerprint density at radius 2 is 2.18 bits per heavy atom. The van der Waals surface area contributed by atoms with E-state index in [1.54, 1.807) is 12.1 Å². The van der Waals surface area contributed by atoms with E-state index in [0.29, 0.717) is 10.9 Å². The molecule has 1 aromatic carbocycles. The number of piperidine rings is 1. The topological polar surface area (TPSA) is 76.0 Å². The molecule has 1 amide bonds. The molecule has 1 fully saturated rings. The van der Waals surface area contributed by atoms with Gasteiger partial charge in [0.15, 0.2) is 0 Å². The summed E-state index contributed by atoms with van der Waals surface area (Å²) in [5, 5.41) is 6.74. The molecule has 0 unspecified atom stereocenters. The normalized spacial score (nSPS) is 15.9. The van der Waals surface area contributed by atoms with Gasteiger partial charge in [0.25, 0.3) is 5.56 Å². The Balaban J connectivity index is 1.77. The molecular formula is C15H17BrN4O2. The van der Waals surface area contributed by atoms with Gasteiger partial charge in [-0.15, -0.1) is 0 Å². The molecule has 0 radical (unpaired) electrons. The molecule has 2 aromatic rings. The van der Waals surface area contributed by atoms with Crippen LogP contribution in [0.5, 0.6) is 0 Å². The fourth-order valence-corrected chi connectivity index (χ4v) is 3.00. The summed E-state index contributed by atoms with van der Waals surface area (Å²) in [6.45, 7) is 1.82. The third-order valence-electron chi connectivity index (χ3n) is 3.80. The highest BCUT2D eigenvalue weighted by Crippen LogP contribution is 2.14. The Kier molecular flexibility index (Phi) is 4.54. The van der Waals surface area contributed by atoms with Gasteiger partial charge in [-0.25, -0.2) is 4.98 Å². The quantitative estimate of drug-likeness (QED) is 0.852. The van der Waals surface area contributed by atoms with Crippen molar-refractivity contribution in [2.24, 2.45) is 0 Å². The third kappa shape index (κ3) is 3.36. The van der Waals surface area contributed by atoms with Crippen LogP contribution < -0.4 is 16.2 Å². The zero-order valence-electron chi connectivity index (χ0n) is 12.0. The lowest BCUT2D eigenvalue weighted by Gasteiger charge is -2.23. The van der Waals surface area contributed by atoms with Crippen molar-refractivity contribution < 1.29 is 4.79 Å². The van der Waals surface area contributed by atoms with Crippen LogP contribution in [0.15, 0.2) is 33.8 Å². The highest BCUT2D eigenvalue weighted by atomic mass is 79.9. The summed E-state index contributed by atoms with van der Waals surface area (Å²) < 4.78 is 2.17. The average Bonchev–Trinajstić information content (AvgIpc) is 2.51. The number of nitrogens with zero attached hydrogens (tertiary/aromatic N) is 2. The van der Waals surface area contributed by atoms with E-state index in [0.717, 1.165) is 30.4 Å². The summed E-state index contributed by atoms with van der Waals surface area (Å²) in [5.74, 6) is -0.148. The minimum absolute atomic E-state index is 0.00177. The van der Waals surface area contributed by atoms with Gasteiger partial charge in [0.2, 0.25) is 5.91 Å². The van der Waals surface area contributed by atoms with Crippen LogP contribution in [0.3, 0.4) is 0 Å². The van der Waals surface area contributed by atoms with Crippen LogP contribution in [0.1, 0.15) is 12.8 Å². The maximum atomic E-state index is 12.4. The SMILES string of the molecule is O=C(Cn1cnc2ccc(Br)cc2c1=O)NC1CCNCC1. The number of rotatable bonds is 3. The standard InChI is InChI=1S/C15H17BrN4O2/c16-10-1-2-13-12(7-10)15(22)20(9-18-13)8-14(21)19-11-3-5-17-6-4-11/h1-2,7,9,11,17H,3-6,8H2,(H,19,21). The van der Waals surface area contributed by atoms with Crippen molar-refractivity contribution >= 4 is 32.7 Å². The van der Waals surface area contributed by atoms with Gasteiger partial charge in [0.1, 0.15) is 6.54 Å². The lowest BCUT2D eigenvalue weighted by atomic mass is 10.1. The minimum Gasteiger partial charge on any atom is -0.352 e. The maximum absolute atomic E-state index is 12.4. The molecule has 0 bridgehead atoms. The summed E-state index contributed by atoms with van der Waals surface area (Å²) in [6.07, 6.45) is 3.27. The Bertz CT molecular complexity index is 753. The fourth-order valence-electron chi connectivity index (χ4n) is 2.64. The number of carbonyl (C=O) groups excluding carboxylic acids is 1. The van der Waals surface area contributed by atoms with Crippen molar-refractivity contribution in [3.8, 4) is 0 Å². The number of aromatic nitrogens is 2. The number of halogens is 1. The van der Waals surface area contributed by atoms with Crippen molar-refractivity contribution in [3.05, 3.63) is 39.4 Å². The summed E-state index contributed by atoms with van der Waals surface area (Å²) >= 11 is 3.35. The van der Waals surface area contributed by atoms with Gasteiger partial charge in [-0.3, -0.25) is 14.2 Å². The van der Waals surface area contributed by atoms with E-state index in [-0.39, 0.29) is 24.1 Å². The second-order valence-electron chi connectivity index (χ2n) is 5.43. The van der Waals surface area contributed by atoms with Gasteiger partial charge in [-0.05, 0) is 44.1 Å². The lowest BCUT2D eigenvalue weighted by molar-refractivity contribution is -0.122. The molecule has 2 N–H and O–H groups in total. The number of hydrogen-bond acceptors (Lipinski definition) is 4. The number of fused-ring (bicyclic) bond motifs is 1. The lowest BCUT2D eigenvalue weighted by Crippen LogP contribution is -2.44. The molecule has 22 heavy (non-hydrogen) atoms. The van der Waals surface area contributed by atoms with Crippen molar-refractivity contribution in [2.75, 3.05) is 13.1 Å². The van der Waals surface area contributed by atoms with Crippen LogP contribution in [0.2, 0.25) is 0 Å². The van der Waals surface area contributed by atoms with Gasteiger partial charge in [0.05, 0.1) is 17.2 Å². The Labute approximate surface area is 136 Å². The van der Waals surface area contributed by atoms with E-state index in [1.165, 1.54) is 10.9 Å². The van der Waals surface area contributed by atoms with Crippen LogP contribution in [0.25, 0.3) is 10.9 Å². The number of carbonyl (C=O) groups is 1. The molecule has 0 atom stereocenters. The molecule has 1 saturated heterocycles. The fraction of sp³-hybridized carbons (Fsp3) is 0.400. The monoisotopic (exact) mass is 364 g/mol. The molecule has 0 spiro atoms. The van der Waals surface area contributed by atoms with Gasteiger partial charge >= 0.3 is 0 Å². The molecule has 1 aliphatic rings. The van der Waals surface area contributed by atoms with E-state index >= 15 is 0 Å². The number of nitrogens with one attached hydrogen (secondary N) is 2. The van der Waals surface area contributed by atoms with Crippen LogP contribution >= 0.6 is 15.9 Å². The Morgan fingerprint density at radius 1 is 1.41 bits per heavy atom. The van der Waals surface area contributed by atoms with E-state index in [4.69, 9.17) is 0 Å². The van der Waals surface area contributed by atoms with Gasteiger partial charge in [-0.2, -0.15) is 0 Å². The summed E-state index contributed by atoms with van der Waals surface area (Å²) in [7, 11) is 0. The van der Waals surface area contributed by atoms with Gasteiger partial charge in [0, 0.05) is 10.5 Å². The van der Waals surface area contributed by atoms with Crippen LogP contribution in [-0.2, 0) is 11.3 Å². The smallest absolute Gasteiger partial charge is 0.261 e. The highest BCUT2D eigenvalue weighted by Gasteiger charge is 2.16. The van der Waals surface area contributed by atoms with Crippen LogP contribution in [0.4, 0.5) is 0 Å². The van der Waals surface area contributed by atoms with Gasteiger partial charge < -0.3 is 10.6 Å². The third-order valence-corrected chi connectivity index (χ3v) is 4.30. The van der Waals surface area contributed by atoms with Crippen LogP contribution in [0, 0.1) is 0 Å². The second-order valence-corrected chi connectivity index (χ2v) is 6.35. The first kappa shape index (κ1) is 15.2. The zero-order chi connectivity index (χ0) is 15.5. The highest BCUT2D eigenvalue weighted by molar-refractivity contribution is 9.10. The van der Waals surface area contributed by atoms with E-state index in [9.17, 15) is 9.59 Å². The first-order valence-electron chi connectivity index (χ1n) is 7.28. The second kappa shape index (κ2) is 6.58. The average molecular weight is 365 g/mol. The largest absolute Gasteiger partial charge is 0.352 e. The number of hydrogen-bond donors (Lipinski definition) is 2. The van der Waals surface area contributed by atoms with E-state index in [1.807, 2.05) is 6.07 Å². The number of amides is 1. The summed E-state index contributed by atoms with van der Waals surface area (Å²) in [5.41, 5.74) is 0.426. The zero-order valence-corrected chi connectivity index (χ0v) is 13.6. The van der Waals surface area contributed by atoms with Crippen molar-refractivity contribution in [3.63, 3.8) is 0 Å². The molecule has 6 nitrogen and oxygen atoms in total. The van der Waals surface area contributed by atoms with Crippen molar-refractivity contribution in [1.82, 2.24) is 20.2 Å². The first-order chi connectivity index (χ1) is 10.6. The van der Waals surface area contributed by atoms with Gasteiger partial charge in [-0.1, -0.05) is 15.9 Å². The summed E-state index contributed by atoms with van der Waals surface area (Å²) in [4.78, 5) is 28.8. The molecule has 3 rings (SSSR count). The van der Waals surface area contributed by atoms with E-state index in [2.05, 4.69) is 31.5 Å². The molecule has 7 heteroatoms. The van der Waals surface area contributed by atoms with E-state index < -0.39 is 0 Å². The van der Waals surface area contributed by atoms with Crippen LogP contribution in [-0.4, -0.2) is 34.6 Å². The predicted molar refractivity (Wildman–Crippen MR) is 87.7 cm³/mol.